The quantitative estimate of drug-likeness (QED) is 0.818. The second kappa shape index (κ2) is 4.40. The third kappa shape index (κ3) is 1.96. The van der Waals surface area contributed by atoms with Crippen LogP contribution >= 0.6 is 0 Å². The van der Waals surface area contributed by atoms with E-state index >= 15 is 0 Å². The molecule has 96 valence electrons. The number of halogens is 1. The molecule has 5 heteroatoms. The Balaban J connectivity index is 2.46. The van der Waals surface area contributed by atoms with Crippen LogP contribution in [0.15, 0.2) is 18.2 Å². The molecule has 1 aliphatic heterocycles. The number of aryl methyl sites for hydroxylation is 1. The van der Waals surface area contributed by atoms with E-state index in [4.69, 9.17) is 0 Å². The molecule has 2 amide bonds. The molecule has 1 aromatic rings. The van der Waals surface area contributed by atoms with Crippen molar-refractivity contribution in [2.45, 2.75) is 32.9 Å². The average molecular weight is 250 g/mol. The summed E-state index contributed by atoms with van der Waals surface area (Å²) in [5.74, 6) is -0.742. The van der Waals surface area contributed by atoms with Gasteiger partial charge < -0.3 is 5.32 Å². The molecule has 0 spiro atoms. The minimum Gasteiger partial charge on any atom is -0.343 e. The smallest absolute Gasteiger partial charge is 0.250 e. The van der Waals surface area contributed by atoms with Gasteiger partial charge in [0.1, 0.15) is 17.9 Å². The van der Waals surface area contributed by atoms with Gasteiger partial charge in [0.2, 0.25) is 11.8 Å². The monoisotopic (exact) mass is 250 g/mol. The first kappa shape index (κ1) is 12.5. The zero-order valence-corrected chi connectivity index (χ0v) is 10.5. The number of amides is 2. The van der Waals surface area contributed by atoms with Gasteiger partial charge in [0.05, 0.1) is 0 Å². The Labute approximate surface area is 105 Å². The van der Waals surface area contributed by atoms with Crippen molar-refractivity contribution in [1.29, 1.82) is 0 Å². The van der Waals surface area contributed by atoms with Crippen LogP contribution in [0.25, 0.3) is 0 Å². The van der Waals surface area contributed by atoms with Crippen molar-refractivity contribution in [1.82, 2.24) is 5.32 Å². The first-order chi connectivity index (χ1) is 8.41. The Morgan fingerprint density at radius 2 is 1.94 bits per heavy atom. The van der Waals surface area contributed by atoms with Gasteiger partial charge in [0, 0.05) is 5.69 Å². The topological polar surface area (TPSA) is 49.4 Å². The molecule has 1 saturated heterocycles. The maximum atomic E-state index is 13.1. The standard InChI is InChI=1S/C13H15FN2O2/c1-7-6-10(14)4-5-11(7)16-9(3)12(17)15-8(2)13(16)18/h4-6,8-9H,1-3H3,(H,15,17). The number of nitrogens with one attached hydrogen (secondary N) is 1. The number of piperazine rings is 1. The first-order valence-corrected chi connectivity index (χ1v) is 5.81. The SMILES string of the molecule is Cc1cc(F)ccc1N1C(=O)C(C)NC(=O)C1C. The van der Waals surface area contributed by atoms with Crippen molar-refractivity contribution in [3.05, 3.63) is 29.6 Å². The van der Waals surface area contributed by atoms with Gasteiger partial charge in [-0.15, -0.1) is 0 Å². The number of hydrogen-bond donors (Lipinski definition) is 1. The molecule has 1 aromatic carbocycles. The minimum atomic E-state index is -0.585. The lowest BCUT2D eigenvalue weighted by Crippen LogP contribution is -2.61. The molecule has 1 N–H and O–H groups in total. The van der Waals surface area contributed by atoms with Gasteiger partial charge in [0.25, 0.3) is 0 Å². The van der Waals surface area contributed by atoms with E-state index in [9.17, 15) is 14.0 Å². The first-order valence-electron chi connectivity index (χ1n) is 5.81. The van der Waals surface area contributed by atoms with Gasteiger partial charge >= 0.3 is 0 Å². The van der Waals surface area contributed by atoms with Gasteiger partial charge in [0.15, 0.2) is 0 Å². The normalized spacial score (nSPS) is 24.1. The van der Waals surface area contributed by atoms with E-state index in [1.165, 1.54) is 23.1 Å². The lowest BCUT2D eigenvalue weighted by Gasteiger charge is -2.36. The predicted octanol–water partition coefficient (Wildman–Crippen LogP) is 1.37. The van der Waals surface area contributed by atoms with Crippen LogP contribution in [0.2, 0.25) is 0 Å². The zero-order valence-electron chi connectivity index (χ0n) is 10.5. The highest BCUT2D eigenvalue weighted by atomic mass is 19.1. The summed E-state index contributed by atoms with van der Waals surface area (Å²) in [6.07, 6.45) is 0. The van der Waals surface area contributed by atoms with E-state index in [-0.39, 0.29) is 17.6 Å². The third-order valence-corrected chi connectivity index (χ3v) is 3.15. The fourth-order valence-electron chi connectivity index (χ4n) is 2.13. The van der Waals surface area contributed by atoms with Crippen LogP contribution in [0.5, 0.6) is 0 Å². The maximum Gasteiger partial charge on any atom is 0.250 e. The van der Waals surface area contributed by atoms with E-state index in [1.54, 1.807) is 20.8 Å². The Morgan fingerprint density at radius 3 is 2.56 bits per heavy atom. The number of rotatable bonds is 1. The van der Waals surface area contributed by atoms with Crippen molar-refractivity contribution in [3.8, 4) is 0 Å². The van der Waals surface area contributed by atoms with E-state index < -0.39 is 12.1 Å². The van der Waals surface area contributed by atoms with E-state index in [1.807, 2.05) is 0 Å². The number of carbonyl (C=O) groups is 2. The van der Waals surface area contributed by atoms with Crippen molar-refractivity contribution >= 4 is 17.5 Å². The molecular weight excluding hydrogens is 235 g/mol. The molecule has 2 rings (SSSR count). The molecule has 1 fully saturated rings. The maximum absolute atomic E-state index is 13.1. The Morgan fingerprint density at radius 1 is 1.28 bits per heavy atom. The Bertz CT molecular complexity index is 516. The van der Waals surface area contributed by atoms with Crippen LogP contribution < -0.4 is 10.2 Å². The van der Waals surface area contributed by atoms with E-state index in [0.717, 1.165) is 0 Å². The highest BCUT2D eigenvalue weighted by molar-refractivity contribution is 6.08. The summed E-state index contributed by atoms with van der Waals surface area (Å²) in [5, 5.41) is 2.61. The molecule has 4 nitrogen and oxygen atoms in total. The van der Waals surface area contributed by atoms with Crippen LogP contribution in [-0.2, 0) is 9.59 Å². The summed E-state index contributed by atoms with van der Waals surface area (Å²) < 4.78 is 13.1. The summed E-state index contributed by atoms with van der Waals surface area (Å²) >= 11 is 0. The van der Waals surface area contributed by atoms with Crippen molar-refractivity contribution < 1.29 is 14.0 Å². The number of anilines is 1. The van der Waals surface area contributed by atoms with Crippen LogP contribution in [0.3, 0.4) is 0 Å². The van der Waals surface area contributed by atoms with E-state index in [0.29, 0.717) is 11.3 Å². The molecule has 0 saturated carbocycles. The molecule has 18 heavy (non-hydrogen) atoms. The van der Waals surface area contributed by atoms with Crippen molar-refractivity contribution in [2.24, 2.45) is 0 Å². The Kier molecular flexibility index (Phi) is 3.07. The molecule has 1 heterocycles. The molecule has 0 bridgehead atoms. The van der Waals surface area contributed by atoms with Gasteiger partial charge in [-0.2, -0.15) is 0 Å². The minimum absolute atomic E-state index is 0.184. The number of hydrogen-bond acceptors (Lipinski definition) is 2. The molecule has 0 aromatic heterocycles. The van der Waals surface area contributed by atoms with Crippen LogP contribution in [0.1, 0.15) is 19.4 Å². The number of carbonyl (C=O) groups excluding carboxylic acids is 2. The molecule has 1 aliphatic rings. The van der Waals surface area contributed by atoms with Gasteiger partial charge in [-0.25, -0.2) is 4.39 Å². The van der Waals surface area contributed by atoms with Gasteiger partial charge in [-0.05, 0) is 44.5 Å². The highest BCUT2D eigenvalue weighted by Crippen LogP contribution is 2.25. The van der Waals surface area contributed by atoms with Crippen LogP contribution in [-0.4, -0.2) is 23.9 Å². The summed E-state index contributed by atoms with van der Waals surface area (Å²) in [7, 11) is 0. The summed E-state index contributed by atoms with van der Waals surface area (Å²) in [4.78, 5) is 25.3. The lowest BCUT2D eigenvalue weighted by molar-refractivity contribution is -0.133. The van der Waals surface area contributed by atoms with Gasteiger partial charge in [-0.3, -0.25) is 14.5 Å². The summed E-state index contributed by atoms with van der Waals surface area (Å²) in [6.45, 7) is 5.01. The van der Waals surface area contributed by atoms with E-state index in [2.05, 4.69) is 5.32 Å². The molecule has 2 atom stereocenters. The second-order valence-electron chi connectivity index (χ2n) is 4.55. The fourth-order valence-corrected chi connectivity index (χ4v) is 2.13. The molecule has 0 radical (unpaired) electrons. The van der Waals surface area contributed by atoms with Crippen molar-refractivity contribution in [3.63, 3.8) is 0 Å². The zero-order chi connectivity index (χ0) is 13.4. The Hall–Kier alpha value is -1.91. The van der Waals surface area contributed by atoms with Crippen molar-refractivity contribution in [2.75, 3.05) is 4.90 Å². The predicted molar refractivity (Wildman–Crippen MR) is 65.7 cm³/mol. The number of benzene rings is 1. The third-order valence-electron chi connectivity index (χ3n) is 3.15. The van der Waals surface area contributed by atoms with Crippen LogP contribution in [0.4, 0.5) is 10.1 Å². The molecule has 2 unspecified atom stereocenters. The molecular formula is C13H15FN2O2. The molecule has 0 aliphatic carbocycles. The van der Waals surface area contributed by atoms with Gasteiger partial charge in [-0.1, -0.05) is 0 Å². The number of nitrogens with zero attached hydrogens (tertiary/aromatic N) is 1. The fraction of sp³-hybridized carbons (Fsp3) is 0.385. The lowest BCUT2D eigenvalue weighted by atomic mass is 10.1. The largest absolute Gasteiger partial charge is 0.343 e. The summed E-state index contributed by atoms with van der Waals surface area (Å²) in [5.41, 5.74) is 1.22. The average Bonchev–Trinajstić information content (AvgIpc) is 2.29. The van der Waals surface area contributed by atoms with Crippen LogP contribution in [0, 0.1) is 12.7 Å². The highest BCUT2D eigenvalue weighted by Gasteiger charge is 2.37. The second-order valence-corrected chi connectivity index (χ2v) is 4.55. The summed E-state index contributed by atoms with van der Waals surface area (Å²) in [6, 6.07) is 3.03.